The second-order valence-corrected chi connectivity index (χ2v) is 4.16. The van der Waals surface area contributed by atoms with Crippen molar-refractivity contribution in [3.63, 3.8) is 0 Å². The SMILES string of the molecule is N.N.OB(O)O.OB(O)O.OB(O)O.OB(O)O.OB(O)O.OB(O)O.OB(O)O.OB(O)O.OB(O)O.OB(O)O.OB(O)O.OB(O)O.[H-].[Na+]. The third-order valence-corrected chi connectivity index (χ3v) is 0. The second-order valence-electron chi connectivity index (χ2n) is 4.16. The topological polar surface area (TPSA) is 798 Å². The van der Waals surface area contributed by atoms with Crippen LogP contribution in [0.25, 0.3) is 0 Å². The maximum Gasteiger partial charge on any atom is 1.00 e. The van der Waals surface area contributed by atoms with Crippen molar-refractivity contribution in [2.24, 2.45) is 0 Å². The predicted octanol–water partition coefficient (Wildman–Crippen LogP) is -27.2. The summed E-state index contributed by atoms with van der Waals surface area (Å²) >= 11 is 0. The van der Waals surface area contributed by atoms with Gasteiger partial charge in [-0.3, -0.25) is 0 Å². The minimum absolute atomic E-state index is 0. The first-order valence-electron chi connectivity index (χ1n) is 9.30. The largest absolute Gasteiger partial charge is 1.00 e. The molecule has 0 heterocycles. The van der Waals surface area contributed by atoms with Gasteiger partial charge in [-0.1, -0.05) is 0 Å². The fraction of sp³-hybridized carbons (Fsp3) is 0. The summed E-state index contributed by atoms with van der Waals surface area (Å²) in [5, 5.41) is 258. The van der Waals surface area contributed by atoms with Crippen LogP contribution < -0.4 is 41.9 Å². The average molecular weight is 800 g/mol. The Morgan fingerprint density at radius 2 is 0.137 bits per heavy atom. The molecule has 0 fully saturated rings. The summed E-state index contributed by atoms with van der Waals surface area (Å²) in [4.78, 5) is 0. The number of hydrogen-bond acceptors (Lipinski definition) is 38. The van der Waals surface area contributed by atoms with E-state index in [9.17, 15) is 0 Å². The fourth-order valence-electron chi connectivity index (χ4n) is 0. The van der Waals surface area contributed by atoms with Gasteiger partial charge in [0.1, 0.15) is 0 Å². The van der Waals surface area contributed by atoms with Crippen LogP contribution in [0.2, 0.25) is 0 Å². The first-order chi connectivity index (χ1) is 20.8. The molecule has 0 aliphatic carbocycles. The molecular formula is H43B12N2NaO36. The van der Waals surface area contributed by atoms with Crippen LogP contribution in [0.3, 0.4) is 0 Å². The Balaban J connectivity index is -0.0000000193. The quantitative estimate of drug-likeness (QED) is 0.101. The Bertz CT molecular complexity index is 251. The summed E-state index contributed by atoms with van der Waals surface area (Å²) in [5.74, 6) is 0. The van der Waals surface area contributed by atoms with E-state index in [2.05, 4.69) is 0 Å². The Morgan fingerprint density at radius 3 is 0.137 bits per heavy atom. The van der Waals surface area contributed by atoms with Gasteiger partial charge in [0, 0.05) is 0 Å². The van der Waals surface area contributed by atoms with E-state index >= 15 is 0 Å². The van der Waals surface area contributed by atoms with Crippen LogP contribution in [0.5, 0.6) is 0 Å². The molecule has 42 N–H and O–H groups in total. The van der Waals surface area contributed by atoms with E-state index in [1.807, 2.05) is 0 Å². The molecule has 0 aromatic heterocycles. The average Bonchev–Trinajstić information content (AvgIpc) is 2.61. The van der Waals surface area contributed by atoms with E-state index in [1.165, 1.54) is 0 Å². The predicted molar refractivity (Wildman–Crippen MR) is 160 cm³/mol. The van der Waals surface area contributed by atoms with Crippen molar-refractivity contribution in [2.45, 2.75) is 0 Å². The van der Waals surface area contributed by atoms with Gasteiger partial charge < -0.3 is 195 Å². The zero-order valence-electron chi connectivity index (χ0n) is 26.4. The van der Waals surface area contributed by atoms with E-state index in [1.54, 1.807) is 0 Å². The summed E-state index contributed by atoms with van der Waals surface area (Å²) in [6.45, 7) is 0. The van der Waals surface area contributed by atoms with Gasteiger partial charge in [0.05, 0.1) is 0 Å². The van der Waals surface area contributed by atoms with Crippen LogP contribution in [-0.2, 0) is 0 Å². The van der Waals surface area contributed by atoms with Crippen molar-refractivity contribution in [3.05, 3.63) is 0 Å². The van der Waals surface area contributed by atoms with Gasteiger partial charge in [-0.05, 0) is 0 Å². The smallest absolute Gasteiger partial charge is 1.00 e. The van der Waals surface area contributed by atoms with Crippen molar-refractivity contribution in [3.8, 4) is 0 Å². The molecule has 0 amide bonds. The summed E-state index contributed by atoms with van der Waals surface area (Å²) in [5.41, 5.74) is 0. The normalized spacial score (nSPS) is 6.35. The second kappa shape index (κ2) is 92.8. The molecule has 0 saturated heterocycles. The molecule has 0 radical (unpaired) electrons. The summed E-state index contributed by atoms with van der Waals surface area (Å²) in [6, 6.07) is 0. The Kier molecular flexibility index (Phi) is 179. The van der Waals surface area contributed by atoms with Gasteiger partial charge in [0.2, 0.25) is 0 Å². The van der Waals surface area contributed by atoms with Gasteiger partial charge in [0.15, 0.2) is 0 Å². The molecular weight excluding hydrogens is 757 g/mol. The fourth-order valence-corrected chi connectivity index (χ4v) is 0. The van der Waals surface area contributed by atoms with E-state index in [4.69, 9.17) is 181 Å². The van der Waals surface area contributed by atoms with Crippen molar-refractivity contribution in [1.29, 1.82) is 0 Å². The Morgan fingerprint density at radius 1 is 0.137 bits per heavy atom. The summed E-state index contributed by atoms with van der Waals surface area (Å²) in [7, 11) is -26.0. The van der Waals surface area contributed by atoms with Crippen molar-refractivity contribution >= 4 is 87.9 Å². The molecule has 0 aromatic carbocycles. The van der Waals surface area contributed by atoms with Gasteiger partial charge in [-0.2, -0.15) is 0 Å². The standard InChI is InChI=1S/12BH3O3.2H3N.Na.H/c12*2-1(3)4;;;;/h12*2-4H;2*1H3;;/q;;;;;;;;;;;;;;+1;-1. The molecule has 38 nitrogen and oxygen atoms in total. The molecule has 0 aliphatic heterocycles. The summed E-state index contributed by atoms with van der Waals surface area (Å²) < 4.78 is 0. The zero-order valence-corrected chi connectivity index (χ0v) is 27.4. The maximum atomic E-state index is 7.17. The first-order valence-corrected chi connectivity index (χ1v) is 9.30. The molecule has 0 aromatic rings. The first kappa shape index (κ1) is 98.5. The third kappa shape index (κ3) is 1740000. The van der Waals surface area contributed by atoms with E-state index in [-0.39, 0.29) is 43.3 Å². The maximum absolute atomic E-state index is 7.17. The molecule has 0 bridgehead atoms. The third-order valence-electron chi connectivity index (χ3n) is 0. The van der Waals surface area contributed by atoms with Crippen LogP contribution in [0.4, 0.5) is 0 Å². The van der Waals surface area contributed by atoms with Gasteiger partial charge in [0.25, 0.3) is 0 Å². The molecule has 0 atom stereocenters. The Labute approximate surface area is 311 Å². The Hall–Kier alpha value is 0.259. The summed E-state index contributed by atoms with van der Waals surface area (Å²) in [6.07, 6.45) is 0. The van der Waals surface area contributed by atoms with Crippen molar-refractivity contribution < 1.29 is 212 Å². The van der Waals surface area contributed by atoms with Gasteiger partial charge in [-0.15, -0.1) is 0 Å². The van der Waals surface area contributed by atoms with Crippen LogP contribution in [0.15, 0.2) is 0 Å². The van der Waals surface area contributed by atoms with E-state index in [0.717, 1.165) is 0 Å². The molecule has 306 valence electrons. The zero-order chi connectivity index (χ0) is 42.9. The van der Waals surface area contributed by atoms with Crippen LogP contribution >= 0.6 is 0 Å². The molecule has 0 aliphatic rings. The number of hydrogen-bond donors (Lipinski definition) is 38. The monoisotopic (exact) mass is 802 g/mol. The molecule has 0 saturated carbocycles. The minimum atomic E-state index is -2.17. The van der Waals surface area contributed by atoms with Crippen molar-refractivity contribution in [1.82, 2.24) is 12.3 Å². The minimum Gasteiger partial charge on any atom is -1.00 e. The van der Waals surface area contributed by atoms with Crippen LogP contribution in [0, 0.1) is 0 Å². The van der Waals surface area contributed by atoms with Crippen molar-refractivity contribution in [2.75, 3.05) is 0 Å². The molecule has 51 heavy (non-hydrogen) atoms. The van der Waals surface area contributed by atoms with E-state index in [0.29, 0.717) is 0 Å². The molecule has 0 spiro atoms. The molecule has 51 heteroatoms. The van der Waals surface area contributed by atoms with Crippen LogP contribution in [-0.4, -0.2) is 269 Å². The van der Waals surface area contributed by atoms with E-state index < -0.39 is 87.9 Å². The van der Waals surface area contributed by atoms with Gasteiger partial charge >= 0.3 is 117 Å². The molecule has 0 rings (SSSR count). The van der Waals surface area contributed by atoms with Gasteiger partial charge in [-0.25, -0.2) is 0 Å². The number of rotatable bonds is 0. The molecule has 0 unspecified atom stereocenters. The van der Waals surface area contributed by atoms with Crippen LogP contribution in [0.1, 0.15) is 1.43 Å².